The van der Waals surface area contributed by atoms with Crippen molar-refractivity contribution in [2.75, 3.05) is 20.0 Å². The quantitative estimate of drug-likeness (QED) is 0.574. The molecule has 0 saturated heterocycles. The van der Waals surface area contributed by atoms with Gasteiger partial charge < -0.3 is 13.9 Å². The van der Waals surface area contributed by atoms with E-state index in [4.69, 9.17) is 19.2 Å². The molecule has 0 unspecified atom stereocenters. The van der Waals surface area contributed by atoms with Crippen LogP contribution in [-0.2, 0) is 0 Å². The molecule has 0 N–H and O–H groups in total. The van der Waals surface area contributed by atoms with E-state index in [1.807, 2.05) is 12.1 Å². The summed E-state index contributed by atoms with van der Waals surface area (Å²) >= 11 is 1.44. The van der Waals surface area contributed by atoms with Gasteiger partial charge in [0.15, 0.2) is 0 Å². The van der Waals surface area contributed by atoms with E-state index in [-0.39, 0.29) is 0 Å². The van der Waals surface area contributed by atoms with Crippen LogP contribution in [0.4, 0.5) is 0 Å². The molecule has 7 heteroatoms. The van der Waals surface area contributed by atoms with Crippen molar-refractivity contribution in [3.05, 3.63) is 18.2 Å². The van der Waals surface area contributed by atoms with Gasteiger partial charge in [-0.1, -0.05) is 11.8 Å². The van der Waals surface area contributed by atoms with Crippen molar-refractivity contribution in [1.82, 2.24) is 10.2 Å². The van der Waals surface area contributed by atoms with Gasteiger partial charge in [-0.05, 0) is 18.6 Å². The summed E-state index contributed by atoms with van der Waals surface area (Å²) < 4.78 is 16.1. The van der Waals surface area contributed by atoms with Crippen LogP contribution in [0.15, 0.2) is 27.8 Å². The van der Waals surface area contributed by atoms with Crippen molar-refractivity contribution in [1.29, 1.82) is 5.26 Å². The van der Waals surface area contributed by atoms with Crippen LogP contribution >= 0.6 is 11.8 Å². The maximum Gasteiger partial charge on any atom is 0.276 e. The maximum atomic E-state index is 8.48. The molecule has 1 aromatic heterocycles. The van der Waals surface area contributed by atoms with Crippen molar-refractivity contribution in [2.24, 2.45) is 0 Å². The van der Waals surface area contributed by atoms with Gasteiger partial charge in [0.1, 0.15) is 11.5 Å². The number of hydrogen-bond donors (Lipinski definition) is 0. The molecule has 6 nitrogen and oxygen atoms in total. The van der Waals surface area contributed by atoms with Crippen LogP contribution in [0.1, 0.15) is 12.8 Å². The summed E-state index contributed by atoms with van der Waals surface area (Å²) in [6, 6.07) is 7.49. The standard InChI is InChI=1S/C14H15N3O3S/c1-18-10-5-6-11(12(9-10)19-2)13-16-17-14(20-13)21-8-4-3-7-15/h5-6,9H,3-4,8H2,1-2H3. The lowest BCUT2D eigenvalue weighted by Crippen LogP contribution is -1.90. The fraction of sp³-hybridized carbons (Fsp3) is 0.357. The first-order valence-electron chi connectivity index (χ1n) is 6.34. The van der Waals surface area contributed by atoms with Gasteiger partial charge in [-0.2, -0.15) is 5.26 Å². The van der Waals surface area contributed by atoms with Gasteiger partial charge >= 0.3 is 0 Å². The van der Waals surface area contributed by atoms with E-state index < -0.39 is 0 Å². The molecule has 0 bridgehead atoms. The van der Waals surface area contributed by atoms with Gasteiger partial charge in [-0.3, -0.25) is 0 Å². The Morgan fingerprint density at radius 1 is 1.29 bits per heavy atom. The van der Waals surface area contributed by atoms with E-state index in [2.05, 4.69) is 16.3 Å². The molecule has 110 valence electrons. The van der Waals surface area contributed by atoms with Crippen molar-refractivity contribution in [2.45, 2.75) is 18.1 Å². The summed E-state index contributed by atoms with van der Waals surface area (Å²) in [4.78, 5) is 0. The number of thioether (sulfide) groups is 1. The zero-order valence-electron chi connectivity index (χ0n) is 11.8. The molecule has 0 amide bonds. The lowest BCUT2D eigenvalue weighted by atomic mass is 10.2. The molecule has 21 heavy (non-hydrogen) atoms. The molecular formula is C14H15N3O3S. The second kappa shape index (κ2) is 7.55. The summed E-state index contributed by atoms with van der Waals surface area (Å²) in [6.45, 7) is 0. The number of hydrogen-bond acceptors (Lipinski definition) is 7. The average Bonchev–Trinajstić information content (AvgIpc) is 2.99. The predicted molar refractivity (Wildman–Crippen MR) is 78.4 cm³/mol. The summed E-state index contributed by atoms with van der Waals surface area (Å²) in [6.07, 6.45) is 1.32. The van der Waals surface area contributed by atoms with Crippen LogP contribution in [0.25, 0.3) is 11.5 Å². The smallest absolute Gasteiger partial charge is 0.276 e. The van der Waals surface area contributed by atoms with Crippen LogP contribution in [0.2, 0.25) is 0 Å². The van der Waals surface area contributed by atoms with E-state index in [1.54, 1.807) is 20.3 Å². The SMILES string of the molecule is COc1ccc(-c2nnc(SCCCC#N)o2)c(OC)c1. The third-order valence-corrected chi connectivity index (χ3v) is 3.61. The van der Waals surface area contributed by atoms with Crippen molar-refractivity contribution in [3.8, 4) is 29.0 Å². The molecule has 0 radical (unpaired) electrons. The highest BCUT2D eigenvalue weighted by atomic mass is 32.2. The van der Waals surface area contributed by atoms with E-state index in [9.17, 15) is 0 Å². The van der Waals surface area contributed by atoms with Gasteiger partial charge in [0.25, 0.3) is 11.1 Å². The summed E-state index contributed by atoms with van der Waals surface area (Å²) in [7, 11) is 3.17. The average molecular weight is 305 g/mol. The monoisotopic (exact) mass is 305 g/mol. The molecule has 0 saturated carbocycles. The fourth-order valence-corrected chi connectivity index (χ4v) is 2.36. The second-order valence-corrected chi connectivity index (χ2v) is 5.10. The summed E-state index contributed by atoms with van der Waals surface area (Å²) in [5, 5.41) is 17.0. The molecule has 0 atom stereocenters. The van der Waals surface area contributed by atoms with Crippen LogP contribution in [0, 0.1) is 11.3 Å². The molecule has 2 rings (SSSR count). The number of aromatic nitrogens is 2. The largest absolute Gasteiger partial charge is 0.497 e. The van der Waals surface area contributed by atoms with Gasteiger partial charge in [0.05, 0.1) is 25.9 Å². The summed E-state index contributed by atoms with van der Waals surface area (Å²) in [5.41, 5.74) is 0.717. The number of benzene rings is 1. The first-order chi connectivity index (χ1) is 10.3. The Kier molecular flexibility index (Phi) is 5.46. The number of nitrogens with zero attached hydrogens (tertiary/aromatic N) is 3. The van der Waals surface area contributed by atoms with E-state index in [0.29, 0.717) is 29.0 Å². The minimum absolute atomic E-state index is 0.400. The van der Waals surface area contributed by atoms with Gasteiger partial charge in [0.2, 0.25) is 0 Å². The van der Waals surface area contributed by atoms with Crippen LogP contribution in [0.5, 0.6) is 11.5 Å². The van der Waals surface area contributed by atoms with Crippen molar-refractivity contribution in [3.63, 3.8) is 0 Å². The van der Waals surface area contributed by atoms with Crippen LogP contribution in [-0.4, -0.2) is 30.2 Å². The highest BCUT2D eigenvalue weighted by Gasteiger charge is 2.14. The second-order valence-electron chi connectivity index (χ2n) is 4.05. The third kappa shape index (κ3) is 3.89. The van der Waals surface area contributed by atoms with Crippen LogP contribution in [0.3, 0.4) is 0 Å². The van der Waals surface area contributed by atoms with Crippen molar-refractivity contribution < 1.29 is 13.9 Å². The van der Waals surface area contributed by atoms with E-state index in [0.717, 1.165) is 17.7 Å². The first kappa shape index (κ1) is 15.2. The zero-order valence-corrected chi connectivity index (χ0v) is 12.6. The lowest BCUT2D eigenvalue weighted by molar-refractivity contribution is 0.393. The Morgan fingerprint density at radius 3 is 2.86 bits per heavy atom. The van der Waals surface area contributed by atoms with E-state index >= 15 is 0 Å². The number of unbranched alkanes of at least 4 members (excludes halogenated alkanes) is 1. The Balaban J connectivity index is 2.12. The molecular weight excluding hydrogens is 290 g/mol. The van der Waals surface area contributed by atoms with Crippen LogP contribution < -0.4 is 9.47 Å². The van der Waals surface area contributed by atoms with Gasteiger partial charge in [-0.15, -0.1) is 10.2 Å². The van der Waals surface area contributed by atoms with Gasteiger partial charge in [0, 0.05) is 18.2 Å². The Morgan fingerprint density at radius 2 is 2.14 bits per heavy atom. The molecule has 0 aliphatic carbocycles. The van der Waals surface area contributed by atoms with Gasteiger partial charge in [-0.25, -0.2) is 0 Å². The fourth-order valence-electron chi connectivity index (χ4n) is 1.66. The maximum absolute atomic E-state index is 8.48. The Labute approximate surface area is 127 Å². The molecule has 0 spiro atoms. The topological polar surface area (TPSA) is 81.2 Å². The summed E-state index contributed by atoms with van der Waals surface area (Å²) in [5.74, 6) is 2.48. The zero-order chi connectivity index (χ0) is 15.1. The molecule has 0 aliphatic heterocycles. The minimum Gasteiger partial charge on any atom is -0.497 e. The Bertz CT molecular complexity index is 637. The molecule has 0 aliphatic rings. The Hall–Kier alpha value is -2.20. The number of nitriles is 1. The van der Waals surface area contributed by atoms with Crippen molar-refractivity contribution >= 4 is 11.8 Å². The number of methoxy groups -OCH3 is 2. The first-order valence-corrected chi connectivity index (χ1v) is 7.32. The normalized spacial score (nSPS) is 10.1. The molecule has 2 aromatic rings. The highest BCUT2D eigenvalue weighted by molar-refractivity contribution is 7.99. The van der Waals surface area contributed by atoms with E-state index in [1.165, 1.54) is 11.8 Å². The number of rotatable bonds is 7. The predicted octanol–water partition coefficient (Wildman–Crippen LogP) is 3.15. The number of ether oxygens (including phenoxy) is 2. The third-order valence-electron chi connectivity index (χ3n) is 2.70. The molecule has 1 aromatic carbocycles. The molecule has 0 fully saturated rings. The lowest BCUT2D eigenvalue weighted by Gasteiger charge is -2.07. The minimum atomic E-state index is 0.400. The molecule has 1 heterocycles. The highest BCUT2D eigenvalue weighted by Crippen LogP contribution is 2.33.